The summed E-state index contributed by atoms with van der Waals surface area (Å²) in [7, 11) is 0. The molecule has 0 saturated carbocycles. The van der Waals surface area contributed by atoms with Crippen LogP contribution in [0.15, 0.2) is 47.6 Å². The van der Waals surface area contributed by atoms with Crippen molar-refractivity contribution in [2.24, 2.45) is 5.73 Å². The lowest BCUT2D eigenvalue weighted by molar-refractivity contribution is -0.113. The van der Waals surface area contributed by atoms with Crippen LogP contribution in [0.25, 0.3) is 0 Å². The van der Waals surface area contributed by atoms with Gasteiger partial charge in [0.25, 0.3) is 5.91 Å². The molecule has 0 aliphatic carbocycles. The molecule has 1 aromatic carbocycles. The number of carbonyl (C=O) groups is 1. The van der Waals surface area contributed by atoms with Gasteiger partial charge in [-0.3, -0.25) is 4.79 Å². The van der Waals surface area contributed by atoms with Gasteiger partial charge in [0.2, 0.25) is 0 Å². The Morgan fingerprint density at radius 3 is 2.57 bits per heavy atom. The van der Waals surface area contributed by atoms with Crippen molar-refractivity contribution >= 4 is 23.5 Å². The average molecular weight is 327 g/mol. The van der Waals surface area contributed by atoms with Crippen LogP contribution < -0.4 is 16.4 Å². The summed E-state index contributed by atoms with van der Waals surface area (Å²) in [6, 6.07) is 9.70. The van der Waals surface area contributed by atoms with E-state index in [1.807, 2.05) is 38.1 Å². The van der Waals surface area contributed by atoms with Crippen LogP contribution in [0.1, 0.15) is 16.7 Å². The number of benzene rings is 1. The number of hydrogen-bond acceptors (Lipinski definition) is 6. The van der Waals surface area contributed by atoms with Crippen molar-refractivity contribution in [1.82, 2.24) is 15.5 Å². The summed E-state index contributed by atoms with van der Waals surface area (Å²) in [5.74, 6) is 0.144. The smallest absolute Gasteiger partial charge is 0.256 e. The van der Waals surface area contributed by atoms with Crippen LogP contribution in [-0.2, 0) is 9.79 Å². The number of nitrogens with two attached hydrogens (primary N) is 1. The minimum Gasteiger partial charge on any atom is -0.365 e. The van der Waals surface area contributed by atoms with Gasteiger partial charge in [-0.05, 0) is 37.1 Å². The number of amides is 1. The predicted octanol–water partition coefficient (Wildman–Crippen LogP) is 1.98. The molecule has 2 aromatic rings. The van der Waals surface area contributed by atoms with Crippen molar-refractivity contribution in [3.8, 4) is 0 Å². The average Bonchev–Trinajstić information content (AvgIpc) is 2.93. The van der Waals surface area contributed by atoms with Gasteiger partial charge in [-0.2, -0.15) is 5.10 Å². The Hall–Kier alpha value is -2.54. The normalized spacial score (nSPS) is 19.8. The van der Waals surface area contributed by atoms with Crippen LogP contribution in [-0.4, -0.2) is 16.1 Å². The fourth-order valence-electron chi connectivity index (χ4n) is 2.68. The van der Waals surface area contributed by atoms with Crippen molar-refractivity contribution < 1.29 is 4.79 Å². The first-order valence-electron chi connectivity index (χ1n) is 7.11. The van der Waals surface area contributed by atoms with Crippen LogP contribution in [0.4, 0.5) is 5.82 Å². The summed E-state index contributed by atoms with van der Waals surface area (Å²) in [6.07, 6.45) is 3.25. The van der Waals surface area contributed by atoms with Gasteiger partial charge in [-0.15, -0.1) is 5.10 Å². The van der Waals surface area contributed by atoms with Crippen LogP contribution >= 0.6 is 11.8 Å². The highest BCUT2D eigenvalue weighted by molar-refractivity contribution is 8.05. The first-order chi connectivity index (χ1) is 11.0. The second kappa shape index (κ2) is 5.92. The Morgan fingerprint density at radius 2 is 2.00 bits per heavy atom. The summed E-state index contributed by atoms with van der Waals surface area (Å²) in [6.45, 7) is 4.07. The highest BCUT2D eigenvalue weighted by atomic mass is 32.2. The molecule has 0 bridgehead atoms. The molecule has 1 aliphatic heterocycles. The van der Waals surface area contributed by atoms with Crippen molar-refractivity contribution in [2.45, 2.75) is 18.8 Å². The molecule has 1 atom stereocenters. The maximum absolute atomic E-state index is 11.6. The van der Waals surface area contributed by atoms with Gasteiger partial charge >= 0.3 is 0 Å². The minimum absolute atomic E-state index is 0.462. The van der Waals surface area contributed by atoms with E-state index in [2.05, 4.69) is 20.8 Å². The number of nitrogens with one attached hydrogen (secondary N) is 2. The van der Waals surface area contributed by atoms with Gasteiger partial charge in [0, 0.05) is 18.0 Å². The van der Waals surface area contributed by atoms with Gasteiger partial charge < -0.3 is 16.4 Å². The Morgan fingerprint density at radius 1 is 1.26 bits per heavy atom. The van der Waals surface area contributed by atoms with E-state index in [0.717, 1.165) is 16.7 Å². The van der Waals surface area contributed by atoms with Crippen LogP contribution in [0.5, 0.6) is 0 Å². The number of carbonyl (C=O) groups excluding carboxylic acids is 1. The van der Waals surface area contributed by atoms with Crippen molar-refractivity contribution in [2.75, 3.05) is 5.32 Å². The zero-order valence-corrected chi connectivity index (χ0v) is 13.6. The molecule has 0 saturated heterocycles. The molecule has 2 heterocycles. The molecule has 1 amide bonds. The highest BCUT2D eigenvalue weighted by Crippen LogP contribution is 2.45. The van der Waals surface area contributed by atoms with E-state index in [-0.39, 0.29) is 0 Å². The third-order valence-corrected chi connectivity index (χ3v) is 4.89. The van der Waals surface area contributed by atoms with Crippen LogP contribution in [0, 0.1) is 13.8 Å². The number of nitrogens with zero attached hydrogens (tertiary/aromatic N) is 2. The minimum atomic E-state index is -0.754. The number of rotatable bonds is 4. The van der Waals surface area contributed by atoms with E-state index in [9.17, 15) is 4.79 Å². The van der Waals surface area contributed by atoms with E-state index in [1.54, 1.807) is 18.5 Å². The molecule has 118 valence electrons. The van der Waals surface area contributed by atoms with Gasteiger partial charge in [-0.25, -0.2) is 0 Å². The summed E-state index contributed by atoms with van der Waals surface area (Å²) in [5, 5.41) is 14.6. The monoisotopic (exact) mass is 327 g/mol. The van der Waals surface area contributed by atoms with E-state index in [4.69, 9.17) is 5.73 Å². The first-order valence-corrected chi connectivity index (χ1v) is 7.93. The molecule has 0 spiro atoms. The van der Waals surface area contributed by atoms with Crippen molar-refractivity contribution in [3.05, 3.63) is 64.3 Å². The van der Waals surface area contributed by atoms with Gasteiger partial charge in [0.1, 0.15) is 0 Å². The predicted molar refractivity (Wildman–Crippen MR) is 91.3 cm³/mol. The molecule has 1 aromatic heterocycles. The molecule has 4 N–H and O–H groups in total. The number of aromatic nitrogens is 2. The second-order valence-electron chi connectivity index (χ2n) is 5.30. The molecular weight excluding hydrogens is 310 g/mol. The molecule has 3 rings (SSSR count). The fraction of sp³-hybridized carbons (Fsp3) is 0.188. The van der Waals surface area contributed by atoms with E-state index < -0.39 is 10.9 Å². The summed E-state index contributed by atoms with van der Waals surface area (Å²) < 4.78 is 0. The number of aryl methyl sites for hydroxylation is 2. The maximum atomic E-state index is 11.6. The Bertz CT molecular complexity index is 757. The largest absolute Gasteiger partial charge is 0.365 e. The van der Waals surface area contributed by atoms with Gasteiger partial charge in [-0.1, -0.05) is 30.0 Å². The van der Waals surface area contributed by atoms with Crippen molar-refractivity contribution in [1.29, 1.82) is 0 Å². The zero-order chi connectivity index (χ0) is 16.4. The number of primary amides is 1. The maximum Gasteiger partial charge on any atom is 0.256 e. The Balaban J connectivity index is 2.07. The lowest BCUT2D eigenvalue weighted by Crippen LogP contribution is -2.42. The molecule has 7 heteroatoms. The van der Waals surface area contributed by atoms with E-state index >= 15 is 0 Å². The molecular formula is C16H17N5OS. The van der Waals surface area contributed by atoms with Crippen molar-refractivity contribution in [3.63, 3.8) is 0 Å². The van der Waals surface area contributed by atoms with Gasteiger partial charge in [0.15, 0.2) is 10.8 Å². The number of thioether (sulfide) groups is 1. The van der Waals surface area contributed by atoms with E-state index in [1.165, 1.54) is 11.8 Å². The fourth-order valence-corrected chi connectivity index (χ4v) is 3.92. The Kier molecular flexibility index (Phi) is 3.96. The molecule has 1 aliphatic rings. The quantitative estimate of drug-likeness (QED) is 0.795. The van der Waals surface area contributed by atoms with Crippen LogP contribution in [0.3, 0.4) is 0 Å². The van der Waals surface area contributed by atoms with Crippen LogP contribution in [0.2, 0.25) is 0 Å². The summed E-state index contributed by atoms with van der Waals surface area (Å²) in [4.78, 5) is 11.3. The van der Waals surface area contributed by atoms with E-state index in [0.29, 0.717) is 10.7 Å². The Labute approximate surface area is 138 Å². The van der Waals surface area contributed by atoms with Gasteiger partial charge in [0.05, 0.1) is 4.91 Å². The third-order valence-electron chi connectivity index (χ3n) is 3.62. The molecule has 0 fully saturated rings. The lowest BCUT2D eigenvalue weighted by Gasteiger charge is -2.33. The standard InChI is InChI=1S/C16H17N5OS/c1-10-5-3-6-11(2)14(10)16(18-9-12(23-16)15(17)22)20-13-7-4-8-19-21-13/h3-9,18H,1-2H3,(H2,17,22)(H,20,21). The zero-order valence-electron chi connectivity index (χ0n) is 12.8. The highest BCUT2D eigenvalue weighted by Gasteiger charge is 2.41. The molecule has 0 radical (unpaired) electrons. The topological polar surface area (TPSA) is 92.9 Å². The summed E-state index contributed by atoms with van der Waals surface area (Å²) in [5.41, 5.74) is 8.68. The lowest BCUT2D eigenvalue weighted by atomic mass is 10.00. The number of hydrogen-bond donors (Lipinski definition) is 3. The summed E-state index contributed by atoms with van der Waals surface area (Å²) >= 11 is 1.34. The first kappa shape index (κ1) is 15.4. The molecule has 23 heavy (non-hydrogen) atoms. The SMILES string of the molecule is Cc1cccc(C)c1C1(Nc2cccnn2)NC=C(C(N)=O)S1. The molecule has 1 unspecified atom stereocenters. The third kappa shape index (κ3) is 2.87. The number of anilines is 1. The second-order valence-corrected chi connectivity index (χ2v) is 6.56. The molecule has 6 nitrogen and oxygen atoms in total.